The lowest BCUT2D eigenvalue weighted by Crippen LogP contribution is -2.49. The molecule has 0 radical (unpaired) electrons. The number of hydrogen-bond acceptors (Lipinski definition) is 3. The normalized spacial score (nSPS) is 20.6. The van der Waals surface area contributed by atoms with E-state index in [2.05, 4.69) is 43.9 Å². The third kappa shape index (κ3) is 5.97. The molecule has 28 heavy (non-hydrogen) atoms. The quantitative estimate of drug-likeness (QED) is 0.609. The highest BCUT2D eigenvalue weighted by Crippen LogP contribution is 2.31. The Labute approximate surface area is 172 Å². The van der Waals surface area contributed by atoms with Crippen molar-refractivity contribution in [2.45, 2.75) is 109 Å². The summed E-state index contributed by atoms with van der Waals surface area (Å²) < 4.78 is 6.14. The van der Waals surface area contributed by atoms with Gasteiger partial charge in [0, 0.05) is 18.6 Å². The molecule has 158 valence electrons. The minimum absolute atomic E-state index is 0.388. The largest absolute Gasteiger partial charge is 0.491 e. The zero-order chi connectivity index (χ0) is 19.9. The van der Waals surface area contributed by atoms with E-state index in [1.807, 2.05) is 0 Å². The molecule has 3 nitrogen and oxygen atoms in total. The molecule has 0 heterocycles. The van der Waals surface area contributed by atoms with Gasteiger partial charge < -0.3 is 9.84 Å². The van der Waals surface area contributed by atoms with Crippen LogP contribution in [-0.4, -0.2) is 41.3 Å². The van der Waals surface area contributed by atoms with E-state index < -0.39 is 6.10 Å². The van der Waals surface area contributed by atoms with Crippen LogP contribution in [0.1, 0.15) is 95.1 Å². The van der Waals surface area contributed by atoms with Gasteiger partial charge in [0.1, 0.15) is 18.5 Å². The van der Waals surface area contributed by atoms with Gasteiger partial charge in [-0.25, -0.2) is 0 Å². The van der Waals surface area contributed by atoms with E-state index >= 15 is 0 Å². The number of nitrogens with zero attached hydrogens (tertiary/aromatic N) is 1. The Kier molecular flexibility index (Phi) is 8.23. The van der Waals surface area contributed by atoms with Crippen LogP contribution in [0, 0.1) is 6.92 Å². The predicted molar refractivity (Wildman–Crippen MR) is 117 cm³/mol. The van der Waals surface area contributed by atoms with Crippen molar-refractivity contribution in [1.29, 1.82) is 0 Å². The molecule has 1 unspecified atom stereocenters. The molecule has 3 rings (SSSR count). The first-order valence-electron chi connectivity index (χ1n) is 11.7. The maximum atomic E-state index is 10.9. The Balaban J connectivity index is 1.61. The van der Waals surface area contributed by atoms with Gasteiger partial charge in [-0.05, 0) is 55.7 Å². The van der Waals surface area contributed by atoms with Gasteiger partial charge in [0.2, 0.25) is 0 Å². The molecule has 0 amide bonds. The zero-order valence-electron chi connectivity index (χ0n) is 18.3. The summed E-state index contributed by atoms with van der Waals surface area (Å²) in [6, 6.07) is 7.75. The number of aliphatic hydroxyl groups is 1. The van der Waals surface area contributed by atoms with Gasteiger partial charge in [-0.3, -0.25) is 4.90 Å². The Morgan fingerprint density at radius 2 is 1.54 bits per heavy atom. The molecule has 0 saturated heterocycles. The highest BCUT2D eigenvalue weighted by molar-refractivity contribution is 5.39. The molecular weight excluding hydrogens is 346 g/mol. The Morgan fingerprint density at radius 1 is 0.964 bits per heavy atom. The van der Waals surface area contributed by atoms with Crippen LogP contribution in [0.4, 0.5) is 0 Å². The average molecular weight is 388 g/mol. The lowest BCUT2D eigenvalue weighted by molar-refractivity contribution is 0.0116. The van der Waals surface area contributed by atoms with Crippen molar-refractivity contribution < 1.29 is 9.84 Å². The minimum atomic E-state index is -0.427. The summed E-state index contributed by atoms with van der Waals surface area (Å²) in [7, 11) is 0. The fourth-order valence-electron chi connectivity index (χ4n) is 5.15. The molecule has 0 bridgehead atoms. The lowest BCUT2D eigenvalue weighted by atomic mass is 9.88. The van der Waals surface area contributed by atoms with E-state index in [0.717, 1.165) is 12.3 Å². The maximum Gasteiger partial charge on any atom is 0.123 e. The van der Waals surface area contributed by atoms with Crippen LogP contribution in [0.2, 0.25) is 0 Å². The Bertz CT molecular complexity index is 570. The summed E-state index contributed by atoms with van der Waals surface area (Å²) in [5.74, 6) is 1.37. The van der Waals surface area contributed by atoms with Crippen molar-refractivity contribution >= 4 is 0 Å². The molecule has 3 heteroatoms. The van der Waals surface area contributed by atoms with Crippen molar-refractivity contribution in [3.05, 3.63) is 29.3 Å². The molecule has 1 aromatic rings. The van der Waals surface area contributed by atoms with Crippen molar-refractivity contribution in [1.82, 2.24) is 4.90 Å². The monoisotopic (exact) mass is 387 g/mol. The maximum absolute atomic E-state index is 10.9. The van der Waals surface area contributed by atoms with Crippen LogP contribution >= 0.6 is 0 Å². The van der Waals surface area contributed by atoms with E-state index in [9.17, 15) is 5.11 Å². The molecule has 0 spiro atoms. The molecule has 2 saturated carbocycles. The van der Waals surface area contributed by atoms with Crippen LogP contribution < -0.4 is 4.74 Å². The SMILES string of the molecule is Cc1ccc(C(C)C)c(OCC(O)CN(C2CCCCC2)C2CCCCC2)c1. The standard InChI is InChI=1S/C25H41NO2/c1-19(2)24-15-14-20(3)16-25(24)28-18-23(27)17-26(21-10-6-4-7-11-21)22-12-8-5-9-13-22/h14-16,19,21-23,27H,4-13,17-18H2,1-3H3. The summed E-state index contributed by atoms with van der Waals surface area (Å²) >= 11 is 0. The lowest BCUT2D eigenvalue weighted by Gasteiger charge is -2.42. The summed E-state index contributed by atoms with van der Waals surface area (Å²) in [6.07, 6.45) is 13.0. The summed E-state index contributed by atoms with van der Waals surface area (Å²) in [4.78, 5) is 2.67. The zero-order valence-corrected chi connectivity index (χ0v) is 18.3. The summed E-state index contributed by atoms with van der Waals surface area (Å²) in [6.45, 7) is 7.64. The molecule has 2 aliphatic carbocycles. The number of ether oxygens (including phenoxy) is 1. The van der Waals surface area contributed by atoms with Gasteiger partial charge in [0.05, 0.1) is 0 Å². The molecule has 2 fully saturated rings. The third-order valence-electron chi connectivity index (χ3n) is 6.73. The van der Waals surface area contributed by atoms with Gasteiger partial charge in [-0.15, -0.1) is 0 Å². The predicted octanol–water partition coefficient (Wildman–Crippen LogP) is 5.83. The minimum Gasteiger partial charge on any atom is -0.491 e. The van der Waals surface area contributed by atoms with E-state index in [0.29, 0.717) is 24.6 Å². The van der Waals surface area contributed by atoms with Gasteiger partial charge in [-0.2, -0.15) is 0 Å². The first kappa shape index (κ1) is 21.6. The van der Waals surface area contributed by atoms with Crippen molar-refractivity contribution in [2.24, 2.45) is 0 Å². The van der Waals surface area contributed by atoms with Crippen LogP contribution in [-0.2, 0) is 0 Å². The molecule has 0 aromatic heterocycles. The number of aliphatic hydroxyl groups excluding tert-OH is 1. The van der Waals surface area contributed by atoms with Crippen LogP contribution in [0.15, 0.2) is 18.2 Å². The second-order valence-electron chi connectivity index (χ2n) is 9.44. The first-order chi connectivity index (χ1) is 13.5. The molecular formula is C25H41NO2. The highest BCUT2D eigenvalue weighted by atomic mass is 16.5. The average Bonchev–Trinajstić information content (AvgIpc) is 2.71. The van der Waals surface area contributed by atoms with Crippen LogP contribution in [0.3, 0.4) is 0 Å². The third-order valence-corrected chi connectivity index (χ3v) is 6.73. The second kappa shape index (κ2) is 10.6. The van der Waals surface area contributed by atoms with Gasteiger partial charge in [-0.1, -0.05) is 64.5 Å². The fraction of sp³-hybridized carbons (Fsp3) is 0.760. The number of hydrogen-bond donors (Lipinski definition) is 1. The molecule has 0 aliphatic heterocycles. The number of aryl methyl sites for hydroxylation is 1. The van der Waals surface area contributed by atoms with Gasteiger partial charge >= 0.3 is 0 Å². The van der Waals surface area contributed by atoms with Gasteiger partial charge in [0.25, 0.3) is 0 Å². The summed E-state index contributed by atoms with van der Waals surface area (Å²) in [5.41, 5.74) is 2.44. The smallest absolute Gasteiger partial charge is 0.123 e. The topological polar surface area (TPSA) is 32.7 Å². The number of rotatable bonds is 8. The van der Waals surface area contributed by atoms with E-state index in [-0.39, 0.29) is 0 Å². The Hall–Kier alpha value is -1.06. The van der Waals surface area contributed by atoms with Crippen molar-refractivity contribution in [3.63, 3.8) is 0 Å². The first-order valence-corrected chi connectivity index (χ1v) is 11.7. The van der Waals surface area contributed by atoms with E-state index in [4.69, 9.17) is 4.74 Å². The molecule has 1 N–H and O–H groups in total. The summed E-state index contributed by atoms with van der Waals surface area (Å²) in [5, 5.41) is 10.9. The molecule has 2 aliphatic rings. The number of benzene rings is 1. The van der Waals surface area contributed by atoms with Crippen LogP contribution in [0.25, 0.3) is 0 Å². The molecule has 1 atom stereocenters. The Morgan fingerprint density at radius 3 is 2.07 bits per heavy atom. The van der Waals surface area contributed by atoms with Crippen molar-refractivity contribution in [2.75, 3.05) is 13.2 Å². The second-order valence-corrected chi connectivity index (χ2v) is 9.44. The van der Waals surface area contributed by atoms with E-state index in [1.165, 1.54) is 75.3 Å². The fourth-order valence-corrected chi connectivity index (χ4v) is 5.15. The molecule has 1 aromatic carbocycles. The van der Waals surface area contributed by atoms with Crippen molar-refractivity contribution in [3.8, 4) is 5.75 Å². The van der Waals surface area contributed by atoms with Crippen LogP contribution in [0.5, 0.6) is 5.75 Å². The van der Waals surface area contributed by atoms with E-state index in [1.54, 1.807) is 0 Å². The van der Waals surface area contributed by atoms with Gasteiger partial charge in [0.15, 0.2) is 0 Å². The highest BCUT2D eigenvalue weighted by Gasteiger charge is 2.30.